The first-order valence-electron chi connectivity index (χ1n) is 11.2. The molecule has 186 valence electrons. The van der Waals surface area contributed by atoms with Crippen molar-refractivity contribution in [2.75, 3.05) is 30.8 Å². The molecule has 0 fully saturated rings. The summed E-state index contributed by atoms with van der Waals surface area (Å²) in [5.74, 6) is 0.0651. The van der Waals surface area contributed by atoms with E-state index in [1.54, 1.807) is 31.2 Å². The molecule has 34 heavy (non-hydrogen) atoms. The van der Waals surface area contributed by atoms with E-state index in [9.17, 15) is 18.0 Å². The second-order valence-electron chi connectivity index (χ2n) is 8.73. The van der Waals surface area contributed by atoms with Crippen LogP contribution in [-0.2, 0) is 26.2 Å². The van der Waals surface area contributed by atoms with Gasteiger partial charge in [-0.25, -0.2) is 8.42 Å². The summed E-state index contributed by atoms with van der Waals surface area (Å²) in [5.41, 5.74) is 2.20. The molecule has 0 aromatic heterocycles. The summed E-state index contributed by atoms with van der Waals surface area (Å²) in [7, 11) is -2.25. The molecule has 0 spiro atoms. The molecule has 1 atom stereocenters. The van der Waals surface area contributed by atoms with E-state index >= 15 is 0 Å². The van der Waals surface area contributed by atoms with Gasteiger partial charge in [-0.1, -0.05) is 38.1 Å². The number of aryl methyl sites for hydroxylation is 1. The maximum absolute atomic E-state index is 13.5. The van der Waals surface area contributed by atoms with Crippen LogP contribution in [0.5, 0.6) is 5.75 Å². The van der Waals surface area contributed by atoms with Crippen molar-refractivity contribution < 1.29 is 22.7 Å². The minimum Gasteiger partial charge on any atom is -0.497 e. The van der Waals surface area contributed by atoms with Gasteiger partial charge in [-0.3, -0.25) is 13.9 Å². The zero-order chi connectivity index (χ0) is 25.5. The lowest BCUT2D eigenvalue weighted by atomic mass is 10.1. The number of methoxy groups -OCH3 is 1. The number of amides is 2. The second-order valence-corrected chi connectivity index (χ2v) is 10.6. The van der Waals surface area contributed by atoms with Crippen molar-refractivity contribution in [1.29, 1.82) is 0 Å². The summed E-state index contributed by atoms with van der Waals surface area (Å²) in [4.78, 5) is 27.8. The van der Waals surface area contributed by atoms with Crippen molar-refractivity contribution in [1.82, 2.24) is 10.2 Å². The lowest BCUT2D eigenvalue weighted by Crippen LogP contribution is -2.51. The predicted molar refractivity (Wildman–Crippen MR) is 134 cm³/mol. The fraction of sp³-hybridized carbons (Fsp3) is 0.440. The van der Waals surface area contributed by atoms with Gasteiger partial charge >= 0.3 is 0 Å². The van der Waals surface area contributed by atoms with Gasteiger partial charge in [0.25, 0.3) is 0 Å². The van der Waals surface area contributed by atoms with Crippen LogP contribution >= 0.6 is 0 Å². The van der Waals surface area contributed by atoms with Gasteiger partial charge in [0.1, 0.15) is 18.3 Å². The van der Waals surface area contributed by atoms with Crippen LogP contribution in [0.25, 0.3) is 0 Å². The average molecular weight is 490 g/mol. The number of ether oxygens (including phenoxy) is 1. The largest absolute Gasteiger partial charge is 0.497 e. The van der Waals surface area contributed by atoms with Crippen LogP contribution in [0.1, 0.15) is 31.9 Å². The first-order chi connectivity index (χ1) is 15.9. The molecule has 0 radical (unpaired) electrons. The van der Waals surface area contributed by atoms with Crippen molar-refractivity contribution in [3.8, 4) is 5.75 Å². The number of rotatable bonds is 11. The number of nitrogens with zero attached hydrogens (tertiary/aromatic N) is 2. The molecule has 1 N–H and O–H groups in total. The molecule has 0 saturated carbocycles. The van der Waals surface area contributed by atoms with Gasteiger partial charge in [-0.15, -0.1) is 0 Å². The van der Waals surface area contributed by atoms with E-state index in [0.29, 0.717) is 18.0 Å². The monoisotopic (exact) mass is 489 g/mol. The summed E-state index contributed by atoms with van der Waals surface area (Å²) >= 11 is 0. The Kier molecular flexibility index (Phi) is 9.49. The van der Waals surface area contributed by atoms with E-state index in [1.807, 2.05) is 45.0 Å². The van der Waals surface area contributed by atoms with E-state index < -0.39 is 28.5 Å². The van der Waals surface area contributed by atoms with Gasteiger partial charge in [0.15, 0.2) is 0 Å². The van der Waals surface area contributed by atoms with Crippen LogP contribution < -0.4 is 14.4 Å². The maximum Gasteiger partial charge on any atom is 0.244 e. The lowest BCUT2D eigenvalue weighted by Gasteiger charge is -2.32. The van der Waals surface area contributed by atoms with Crippen LogP contribution in [-0.4, -0.2) is 57.6 Å². The molecule has 2 rings (SSSR count). The van der Waals surface area contributed by atoms with Gasteiger partial charge in [0.05, 0.1) is 19.1 Å². The minimum absolute atomic E-state index is 0.183. The third kappa shape index (κ3) is 7.48. The number of carbonyl (C=O) groups is 2. The summed E-state index contributed by atoms with van der Waals surface area (Å²) in [5, 5.41) is 2.87. The molecule has 0 bridgehead atoms. The molecule has 2 amide bonds. The van der Waals surface area contributed by atoms with Crippen molar-refractivity contribution in [2.45, 2.75) is 40.3 Å². The van der Waals surface area contributed by atoms with E-state index in [2.05, 4.69) is 5.32 Å². The normalized spacial score (nSPS) is 12.2. The van der Waals surface area contributed by atoms with Crippen LogP contribution in [0.4, 0.5) is 5.69 Å². The van der Waals surface area contributed by atoms with E-state index in [-0.39, 0.29) is 18.4 Å². The standard InChI is InChI=1S/C25H35N3O5S/c1-18(2)15-26-25(30)20(4)27(16-21-10-8-7-9-19(21)3)24(29)17-28(34(6,31)32)22-11-13-23(33-5)14-12-22/h7-14,18,20H,15-17H2,1-6H3,(H,26,30)/t20-/m0/s1. The Morgan fingerprint density at radius 2 is 1.65 bits per heavy atom. The van der Waals surface area contributed by atoms with Gasteiger partial charge in [0, 0.05) is 13.1 Å². The molecule has 9 heteroatoms. The highest BCUT2D eigenvalue weighted by molar-refractivity contribution is 7.92. The second kappa shape index (κ2) is 11.9. The molecule has 0 aliphatic carbocycles. The highest BCUT2D eigenvalue weighted by atomic mass is 32.2. The Morgan fingerprint density at radius 3 is 2.18 bits per heavy atom. The number of anilines is 1. The number of carbonyl (C=O) groups excluding carboxylic acids is 2. The number of hydrogen-bond acceptors (Lipinski definition) is 5. The van der Waals surface area contributed by atoms with Gasteiger partial charge in [-0.2, -0.15) is 0 Å². The fourth-order valence-corrected chi connectivity index (χ4v) is 4.22. The highest BCUT2D eigenvalue weighted by Crippen LogP contribution is 2.22. The topological polar surface area (TPSA) is 96.0 Å². The molecule has 0 saturated heterocycles. The summed E-state index contributed by atoms with van der Waals surface area (Å²) < 4.78 is 31.3. The lowest BCUT2D eigenvalue weighted by molar-refractivity contribution is -0.139. The minimum atomic E-state index is -3.77. The number of benzene rings is 2. The molecule has 0 heterocycles. The van der Waals surface area contributed by atoms with Gasteiger partial charge in [0.2, 0.25) is 21.8 Å². The zero-order valence-corrected chi connectivity index (χ0v) is 21.6. The van der Waals surface area contributed by atoms with Crippen molar-refractivity contribution in [3.05, 3.63) is 59.7 Å². The SMILES string of the molecule is COc1ccc(N(CC(=O)N(Cc2ccccc2C)[C@@H](C)C(=O)NCC(C)C)S(C)(=O)=O)cc1. The zero-order valence-electron chi connectivity index (χ0n) is 20.7. The molecule has 0 unspecified atom stereocenters. The third-order valence-electron chi connectivity index (χ3n) is 5.49. The Bertz CT molecular complexity index is 1080. The smallest absolute Gasteiger partial charge is 0.244 e. The molecular weight excluding hydrogens is 454 g/mol. The van der Waals surface area contributed by atoms with E-state index in [1.165, 1.54) is 12.0 Å². The predicted octanol–water partition coefficient (Wildman–Crippen LogP) is 2.96. The summed E-state index contributed by atoms with van der Waals surface area (Å²) in [6, 6.07) is 13.2. The van der Waals surface area contributed by atoms with Crippen molar-refractivity contribution >= 4 is 27.5 Å². The van der Waals surface area contributed by atoms with E-state index in [0.717, 1.165) is 21.7 Å². The van der Waals surface area contributed by atoms with Crippen LogP contribution in [0.2, 0.25) is 0 Å². The number of sulfonamides is 1. The molecular formula is C25H35N3O5S. The van der Waals surface area contributed by atoms with Crippen LogP contribution in [0.15, 0.2) is 48.5 Å². The Balaban J connectivity index is 2.37. The highest BCUT2D eigenvalue weighted by Gasteiger charge is 2.30. The molecule has 2 aromatic carbocycles. The van der Waals surface area contributed by atoms with Crippen LogP contribution in [0.3, 0.4) is 0 Å². The molecule has 8 nitrogen and oxygen atoms in total. The number of hydrogen-bond donors (Lipinski definition) is 1. The van der Waals surface area contributed by atoms with Gasteiger partial charge < -0.3 is 15.0 Å². The third-order valence-corrected chi connectivity index (χ3v) is 6.63. The van der Waals surface area contributed by atoms with Crippen LogP contribution in [0, 0.1) is 12.8 Å². The Morgan fingerprint density at radius 1 is 1.03 bits per heavy atom. The average Bonchev–Trinajstić information content (AvgIpc) is 2.79. The maximum atomic E-state index is 13.5. The fourth-order valence-electron chi connectivity index (χ4n) is 3.37. The van der Waals surface area contributed by atoms with Gasteiger partial charge in [-0.05, 0) is 55.2 Å². The summed E-state index contributed by atoms with van der Waals surface area (Å²) in [6.45, 7) is 7.80. The molecule has 0 aliphatic heterocycles. The van der Waals surface area contributed by atoms with E-state index in [4.69, 9.17) is 4.74 Å². The first kappa shape index (κ1) is 27.2. The van der Waals surface area contributed by atoms with Crippen molar-refractivity contribution in [3.63, 3.8) is 0 Å². The molecule has 2 aromatic rings. The Labute approximate surface area is 202 Å². The number of nitrogens with one attached hydrogen (secondary N) is 1. The van der Waals surface area contributed by atoms with Crippen molar-refractivity contribution in [2.24, 2.45) is 5.92 Å². The quantitative estimate of drug-likeness (QED) is 0.524. The Hall–Kier alpha value is -3.07. The summed E-state index contributed by atoms with van der Waals surface area (Å²) in [6.07, 6.45) is 1.05. The molecule has 0 aliphatic rings. The first-order valence-corrected chi connectivity index (χ1v) is 13.0.